The van der Waals surface area contributed by atoms with Crippen LogP contribution in [0.5, 0.6) is 0 Å². The summed E-state index contributed by atoms with van der Waals surface area (Å²) >= 11 is 0. The van der Waals surface area contributed by atoms with Gasteiger partial charge in [0.2, 0.25) is 0 Å². The second kappa shape index (κ2) is 6.28. The smallest absolute Gasteiger partial charge is 0.150 e. The minimum atomic E-state index is 0.167. The van der Waals surface area contributed by atoms with Crippen molar-refractivity contribution in [2.45, 2.75) is 13.8 Å². The predicted octanol–water partition coefficient (Wildman–Crippen LogP) is 2.09. The first-order valence-corrected chi connectivity index (χ1v) is 3.64. The van der Waals surface area contributed by atoms with Crippen LogP contribution in [0.3, 0.4) is 0 Å². The van der Waals surface area contributed by atoms with E-state index in [1.807, 2.05) is 18.2 Å². The minimum Gasteiger partial charge on any atom is -0.300 e. The quantitative estimate of drug-likeness (QED) is 0.595. The van der Waals surface area contributed by atoms with E-state index in [1.54, 1.807) is 12.1 Å². The topological polar surface area (TPSA) is 34.1 Å². The average Bonchev–Trinajstić information content (AvgIpc) is 2.05. The van der Waals surface area contributed by atoms with Crippen LogP contribution in [0.2, 0.25) is 0 Å². The van der Waals surface area contributed by atoms with Crippen LogP contribution < -0.4 is 0 Å². The van der Waals surface area contributed by atoms with Gasteiger partial charge in [-0.25, -0.2) is 0 Å². The third kappa shape index (κ3) is 6.68. The lowest BCUT2D eigenvalue weighted by molar-refractivity contribution is -0.114. The van der Waals surface area contributed by atoms with Crippen LogP contribution in [0.15, 0.2) is 30.3 Å². The summed E-state index contributed by atoms with van der Waals surface area (Å²) in [6.07, 6.45) is 0.833. The van der Waals surface area contributed by atoms with Gasteiger partial charge >= 0.3 is 0 Å². The van der Waals surface area contributed by atoms with E-state index in [9.17, 15) is 9.59 Å². The Morgan fingerprint density at radius 2 is 1.58 bits per heavy atom. The monoisotopic (exact) mass is 164 g/mol. The van der Waals surface area contributed by atoms with Crippen molar-refractivity contribution in [3.8, 4) is 0 Å². The fraction of sp³-hybridized carbons (Fsp3) is 0.200. The van der Waals surface area contributed by atoms with Crippen molar-refractivity contribution in [1.29, 1.82) is 0 Å². The highest BCUT2D eigenvalue weighted by atomic mass is 16.1. The first-order valence-electron chi connectivity index (χ1n) is 3.64. The van der Waals surface area contributed by atoms with Crippen LogP contribution in [0.4, 0.5) is 0 Å². The van der Waals surface area contributed by atoms with Crippen LogP contribution in [0.25, 0.3) is 0 Å². The number of benzene rings is 1. The van der Waals surface area contributed by atoms with Crippen LogP contribution >= 0.6 is 0 Å². The van der Waals surface area contributed by atoms with Crippen molar-refractivity contribution >= 4 is 12.1 Å². The third-order valence-corrected chi connectivity index (χ3v) is 0.936. The maximum Gasteiger partial charge on any atom is 0.150 e. The second-order valence-electron chi connectivity index (χ2n) is 2.44. The molecule has 0 bridgehead atoms. The Hall–Kier alpha value is -1.44. The summed E-state index contributed by atoms with van der Waals surface area (Å²) in [7, 11) is 0. The van der Waals surface area contributed by atoms with Crippen molar-refractivity contribution in [3.05, 3.63) is 35.9 Å². The standard InChI is InChI=1S/C7H6O.C3H6O/c8-6-7-4-2-1-3-5-7;1-3(2)4/h1-6H;1-2H3. The summed E-state index contributed by atoms with van der Waals surface area (Å²) in [5, 5.41) is 0. The van der Waals surface area contributed by atoms with E-state index < -0.39 is 0 Å². The molecule has 0 aliphatic rings. The van der Waals surface area contributed by atoms with Crippen molar-refractivity contribution < 1.29 is 9.59 Å². The van der Waals surface area contributed by atoms with E-state index in [0.29, 0.717) is 0 Å². The van der Waals surface area contributed by atoms with E-state index in [4.69, 9.17) is 0 Å². The van der Waals surface area contributed by atoms with Gasteiger partial charge < -0.3 is 4.79 Å². The number of carbonyl (C=O) groups is 2. The Kier molecular flexibility index (Phi) is 5.53. The number of hydrogen-bond acceptors (Lipinski definition) is 2. The SMILES string of the molecule is CC(C)=O.O=Cc1ccccc1. The molecule has 12 heavy (non-hydrogen) atoms. The van der Waals surface area contributed by atoms with Gasteiger partial charge in [0.05, 0.1) is 0 Å². The summed E-state index contributed by atoms with van der Waals surface area (Å²) in [4.78, 5) is 19.5. The number of ketones is 1. The normalized spacial score (nSPS) is 7.83. The first kappa shape index (κ1) is 10.6. The molecule has 0 atom stereocenters. The molecule has 64 valence electrons. The number of aldehydes is 1. The fourth-order valence-electron chi connectivity index (χ4n) is 0.532. The van der Waals surface area contributed by atoms with E-state index in [-0.39, 0.29) is 5.78 Å². The third-order valence-electron chi connectivity index (χ3n) is 0.936. The van der Waals surface area contributed by atoms with E-state index in [1.165, 1.54) is 13.8 Å². The summed E-state index contributed by atoms with van der Waals surface area (Å²) in [5.74, 6) is 0.167. The molecule has 1 aromatic carbocycles. The lowest BCUT2D eigenvalue weighted by Crippen LogP contribution is -1.73. The molecule has 2 nitrogen and oxygen atoms in total. The zero-order chi connectivity index (χ0) is 9.40. The van der Waals surface area contributed by atoms with Gasteiger partial charge in [-0.05, 0) is 13.8 Å². The van der Waals surface area contributed by atoms with Gasteiger partial charge in [0, 0.05) is 5.56 Å². The molecule has 0 saturated heterocycles. The summed E-state index contributed by atoms with van der Waals surface area (Å²) in [6, 6.07) is 9.10. The Labute approximate surface area is 72.2 Å². The Bertz CT molecular complexity index is 235. The molecule has 0 radical (unpaired) electrons. The molecule has 1 aromatic rings. The molecule has 0 fully saturated rings. The molecule has 0 spiro atoms. The van der Waals surface area contributed by atoms with Crippen LogP contribution in [0.1, 0.15) is 24.2 Å². The molecular formula is C10H12O2. The summed E-state index contributed by atoms with van der Waals surface area (Å²) in [5.41, 5.74) is 0.729. The van der Waals surface area contributed by atoms with Crippen molar-refractivity contribution in [2.24, 2.45) is 0 Å². The van der Waals surface area contributed by atoms with Gasteiger partial charge in [0.1, 0.15) is 12.1 Å². The van der Waals surface area contributed by atoms with Crippen LogP contribution in [0, 0.1) is 0 Å². The zero-order valence-corrected chi connectivity index (χ0v) is 7.28. The summed E-state index contributed by atoms with van der Waals surface area (Å²) in [6.45, 7) is 3.06. The van der Waals surface area contributed by atoms with E-state index >= 15 is 0 Å². The Morgan fingerprint density at radius 1 is 1.17 bits per heavy atom. The lowest BCUT2D eigenvalue weighted by Gasteiger charge is -1.81. The Balaban J connectivity index is 0.000000261. The maximum absolute atomic E-state index is 10.0. The highest BCUT2D eigenvalue weighted by molar-refractivity contribution is 5.74. The predicted molar refractivity (Wildman–Crippen MR) is 48.2 cm³/mol. The van der Waals surface area contributed by atoms with Crippen LogP contribution in [-0.2, 0) is 4.79 Å². The number of Topliss-reactive ketones (excluding diaryl/α,β-unsaturated/α-hetero) is 1. The van der Waals surface area contributed by atoms with Gasteiger partial charge in [0.25, 0.3) is 0 Å². The van der Waals surface area contributed by atoms with Gasteiger partial charge in [-0.2, -0.15) is 0 Å². The van der Waals surface area contributed by atoms with Crippen molar-refractivity contribution in [3.63, 3.8) is 0 Å². The lowest BCUT2D eigenvalue weighted by atomic mass is 10.2. The van der Waals surface area contributed by atoms with Crippen LogP contribution in [-0.4, -0.2) is 12.1 Å². The first-order chi connectivity index (χ1) is 5.66. The number of hydrogen-bond donors (Lipinski definition) is 0. The molecule has 0 N–H and O–H groups in total. The maximum atomic E-state index is 10.0. The Morgan fingerprint density at radius 3 is 1.83 bits per heavy atom. The fourth-order valence-corrected chi connectivity index (χ4v) is 0.532. The molecule has 0 unspecified atom stereocenters. The van der Waals surface area contributed by atoms with Crippen molar-refractivity contribution in [1.82, 2.24) is 0 Å². The molecule has 0 heterocycles. The zero-order valence-electron chi connectivity index (χ0n) is 7.28. The molecule has 0 aromatic heterocycles. The molecule has 0 aliphatic carbocycles. The van der Waals surface area contributed by atoms with Gasteiger partial charge in [-0.1, -0.05) is 30.3 Å². The molecule has 2 heteroatoms. The minimum absolute atomic E-state index is 0.167. The molecule has 0 aliphatic heterocycles. The second-order valence-corrected chi connectivity index (χ2v) is 2.44. The molecule has 0 saturated carbocycles. The van der Waals surface area contributed by atoms with Gasteiger partial charge in [-0.3, -0.25) is 4.79 Å². The largest absolute Gasteiger partial charge is 0.300 e. The number of carbonyl (C=O) groups excluding carboxylic acids is 2. The molecular weight excluding hydrogens is 152 g/mol. The average molecular weight is 164 g/mol. The highest BCUT2D eigenvalue weighted by Crippen LogP contribution is 1.91. The molecule has 1 rings (SSSR count). The van der Waals surface area contributed by atoms with E-state index in [0.717, 1.165) is 11.8 Å². The highest BCUT2D eigenvalue weighted by Gasteiger charge is 1.79. The number of rotatable bonds is 1. The summed E-state index contributed by atoms with van der Waals surface area (Å²) < 4.78 is 0. The van der Waals surface area contributed by atoms with Gasteiger partial charge in [-0.15, -0.1) is 0 Å². The molecule has 0 amide bonds. The van der Waals surface area contributed by atoms with Crippen molar-refractivity contribution in [2.75, 3.05) is 0 Å². The van der Waals surface area contributed by atoms with E-state index in [2.05, 4.69) is 0 Å². The van der Waals surface area contributed by atoms with Gasteiger partial charge in [0.15, 0.2) is 0 Å².